The van der Waals surface area contributed by atoms with Crippen molar-refractivity contribution in [3.63, 3.8) is 0 Å². The maximum Gasteiger partial charge on any atom is 0.0640 e. The molecule has 110 valence electrons. The number of nitrogens with one attached hydrogen (secondary N) is 1. The number of aromatic nitrogens is 2. The Morgan fingerprint density at radius 2 is 1.89 bits per heavy atom. The SMILES string of the molecule is CCCNC(Cc1ccn(C(C)C)n1)C(CC)CC. The predicted molar refractivity (Wildman–Crippen MR) is 82.5 cm³/mol. The van der Waals surface area contributed by atoms with Crippen LogP contribution in [0.15, 0.2) is 12.3 Å². The first-order valence-electron chi connectivity index (χ1n) is 7.89. The third-order valence-electron chi connectivity index (χ3n) is 3.90. The Morgan fingerprint density at radius 1 is 1.21 bits per heavy atom. The van der Waals surface area contributed by atoms with Gasteiger partial charge in [-0.05, 0) is 38.8 Å². The van der Waals surface area contributed by atoms with Crippen LogP contribution in [-0.4, -0.2) is 22.4 Å². The van der Waals surface area contributed by atoms with Crippen LogP contribution in [0.2, 0.25) is 0 Å². The van der Waals surface area contributed by atoms with E-state index >= 15 is 0 Å². The monoisotopic (exact) mass is 265 g/mol. The second kappa shape index (κ2) is 8.36. The minimum Gasteiger partial charge on any atom is -0.313 e. The Labute approximate surface area is 118 Å². The average Bonchev–Trinajstić information content (AvgIpc) is 2.85. The second-order valence-electron chi connectivity index (χ2n) is 5.72. The fourth-order valence-electron chi connectivity index (χ4n) is 2.59. The normalized spacial score (nSPS) is 13.4. The molecule has 0 fully saturated rings. The molecule has 0 aliphatic rings. The van der Waals surface area contributed by atoms with Crippen LogP contribution in [-0.2, 0) is 6.42 Å². The van der Waals surface area contributed by atoms with Crippen LogP contribution in [0.5, 0.6) is 0 Å². The van der Waals surface area contributed by atoms with E-state index in [4.69, 9.17) is 0 Å². The van der Waals surface area contributed by atoms with Crippen molar-refractivity contribution < 1.29 is 0 Å². The highest BCUT2D eigenvalue weighted by Crippen LogP contribution is 2.17. The summed E-state index contributed by atoms with van der Waals surface area (Å²) in [5.74, 6) is 0.746. The Balaban J connectivity index is 2.68. The molecular formula is C16H31N3. The summed E-state index contributed by atoms with van der Waals surface area (Å²) in [5.41, 5.74) is 1.22. The summed E-state index contributed by atoms with van der Waals surface area (Å²) < 4.78 is 2.05. The van der Waals surface area contributed by atoms with E-state index in [1.54, 1.807) is 0 Å². The van der Waals surface area contributed by atoms with Gasteiger partial charge in [-0.25, -0.2) is 0 Å². The van der Waals surface area contributed by atoms with Crippen LogP contribution >= 0.6 is 0 Å². The van der Waals surface area contributed by atoms with Gasteiger partial charge in [-0.1, -0.05) is 33.6 Å². The molecule has 0 aliphatic heterocycles. The van der Waals surface area contributed by atoms with E-state index in [0.29, 0.717) is 12.1 Å². The first kappa shape index (κ1) is 16.2. The number of nitrogens with zero attached hydrogens (tertiary/aromatic N) is 2. The number of rotatable bonds is 9. The summed E-state index contributed by atoms with van der Waals surface area (Å²) in [5, 5.41) is 8.39. The molecule has 1 rings (SSSR count). The Hall–Kier alpha value is -0.830. The van der Waals surface area contributed by atoms with Gasteiger partial charge in [0, 0.05) is 24.7 Å². The van der Waals surface area contributed by atoms with Gasteiger partial charge in [0.15, 0.2) is 0 Å². The summed E-state index contributed by atoms with van der Waals surface area (Å²) >= 11 is 0. The zero-order valence-corrected chi connectivity index (χ0v) is 13.3. The lowest BCUT2D eigenvalue weighted by Crippen LogP contribution is -2.38. The molecule has 0 aliphatic carbocycles. The molecule has 1 aromatic rings. The van der Waals surface area contributed by atoms with E-state index in [1.165, 1.54) is 25.0 Å². The van der Waals surface area contributed by atoms with Gasteiger partial charge in [-0.2, -0.15) is 5.10 Å². The molecule has 0 saturated carbocycles. The van der Waals surface area contributed by atoms with Gasteiger partial charge in [0.1, 0.15) is 0 Å². The van der Waals surface area contributed by atoms with Crippen LogP contribution in [0.25, 0.3) is 0 Å². The lowest BCUT2D eigenvalue weighted by atomic mass is 9.91. The molecule has 0 amide bonds. The molecule has 1 atom stereocenters. The molecule has 1 unspecified atom stereocenters. The van der Waals surface area contributed by atoms with E-state index in [0.717, 1.165) is 18.9 Å². The van der Waals surface area contributed by atoms with E-state index in [-0.39, 0.29) is 0 Å². The molecule has 0 radical (unpaired) electrons. The quantitative estimate of drug-likeness (QED) is 0.736. The molecule has 1 N–H and O–H groups in total. The van der Waals surface area contributed by atoms with Gasteiger partial charge in [-0.15, -0.1) is 0 Å². The Morgan fingerprint density at radius 3 is 2.37 bits per heavy atom. The zero-order valence-electron chi connectivity index (χ0n) is 13.3. The van der Waals surface area contributed by atoms with Crippen LogP contribution in [0.3, 0.4) is 0 Å². The lowest BCUT2D eigenvalue weighted by Gasteiger charge is -2.26. The minimum atomic E-state index is 0.448. The smallest absolute Gasteiger partial charge is 0.0640 e. The second-order valence-corrected chi connectivity index (χ2v) is 5.72. The third-order valence-corrected chi connectivity index (χ3v) is 3.90. The predicted octanol–water partition coefficient (Wildman–Crippen LogP) is 3.81. The summed E-state index contributed by atoms with van der Waals surface area (Å²) in [4.78, 5) is 0. The highest BCUT2D eigenvalue weighted by atomic mass is 15.3. The van der Waals surface area contributed by atoms with Crippen molar-refractivity contribution in [1.29, 1.82) is 0 Å². The van der Waals surface area contributed by atoms with Crippen molar-refractivity contribution in [3.05, 3.63) is 18.0 Å². The molecule has 1 heterocycles. The van der Waals surface area contributed by atoms with Gasteiger partial charge < -0.3 is 5.32 Å². The van der Waals surface area contributed by atoms with Crippen molar-refractivity contribution in [3.8, 4) is 0 Å². The average molecular weight is 265 g/mol. The summed E-state index contributed by atoms with van der Waals surface area (Å²) in [6.07, 6.45) is 6.82. The molecule has 3 heteroatoms. The Kier molecular flexibility index (Phi) is 7.14. The van der Waals surface area contributed by atoms with E-state index in [1.807, 2.05) is 0 Å². The highest BCUT2D eigenvalue weighted by Gasteiger charge is 2.19. The molecule has 0 spiro atoms. The van der Waals surface area contributed by atoms with Crippen molar-refractivity contribution in [1.82, 2.24) is 15.1 Å². The molecular weight excluding hydrogens is 234 g/mol. The first-order chi connectivity index (χ1) is 9.12. The maximum atomic E-state index is 4.69. The number of hydrogen-bond donors (Lipinski definition) is 1. The summed E-state index contributed by atoms with van der Waals surface area (Å²) in [7, 11) is 0. The van der Waals surface area contributed by atoms with E-state index < -0.39 is 0 Å². The van der Waals surface area contributed by atoms with Crippen molar-refractivity contribution in [2.75, 3.05) is 6.54 Å². The summed E-state index contributed by atoms with van der Waals surface area (Å²) in [6, 6.07) is 3.18. The molecule has 1 aromatic heterocycles. The van der Waals surface area contributed by atoms with Crippen LogP contribution in [0.4, 0.5) is 0 Å². The minimum absolute atomic E-state index is 0.448. The molecule has 0 bridgehead atoms. The Bertz CT molecular complexity index is 340. The lowest BCUT2D eigenvalue weighted by molar-refractivity contribution is 0.329. The standard InChI is InChI=1S/C16H31N3/c1-6-10-17-16(14(7-2)8-3)12-15-9-11-19(18-15)13(4)5/h9,11,13-14,16-17H,6-8,10,12H2,1-5H3. The van der Waals surface area contributed by atoms with Crippen molar-refractivity contribution in [2.24, 2.45) is 5.92 Å². The van der Waals surface area contributed by atoms with Crippen LogP contribution in [0.1, 0.15) is 65.6 Å². The zero-order chi connectivity index (χ0) is 14.3. The van der Waals surface area contributed by atoms with Gasteiger partial charge in [-0.3, -0.25) is 4.68 Å². The van der Waals surface area contributed by atoms with Crippen molar-refractivity contribution in [2.45, 2.75) is 72.4 Å². The summed E-state index contributed by atoms with van der Waals surface area (Å²) in [6.45, 7) is 12.3. The van der Waals surface area contributed by atoms with Gasteiger partial charge in [0.05, 0.1) is 5.69 Å². The molecule has 3 nitrogen and oxygen atoms in total. The fraction of sp³-hybridized carbons (Fsp3) is 0.812. The van der Waals surface area contributed by atoms with Gasteiger partial charge in [0.25, 0.3) is 0 Å². The van der Waals surface area contributed by atoms with Crippen LogP contribution < -0.4 is 5.32 Å². The number of hydrogen-bond acceptors (Lipinski definition) is 2. The first-order valence-corrected chi connectivity index (χ1v) is 7.89. The molecule has 0 aromatic carbocycles. The van der Waals surface area contributed by atoms with E-state index in [2.05, 4.69) is 62.0 Å². The van der Waals surface area contributed by atoms with Crippen LogP contribution in [0, 0.1) is 5.92 Å². The van der Waals surface area contributed by atoms with E-state index in [9.17, 15) is 0 Å². The third kappa shape index (κ3) is 4.98. The fourth-order valence-corrected chi connectivity index (χ4v) is 2.59. The van der Waals surface area contributed by atoms with Gasteiger partial charge >= 0.3 is 0 Å². The highest BCUT2D eigenvalue weighted by molar-refractivity contribution is 5.03. The molecule has 19 heavy (non-hydrogen) atoms. The molecule has 0 saturated heterocycles. The largest absolute Gasteiger partial charge is 0.313 e. The topological polar surface area (TPSA) is 29.9 Å². The van der Waals surface area contributed by atoms with Gasteiger partial charge in [0.2, 0.25) is 0 Å². The van der Waals surface area contributed by atoms with Crippen molar-refractivity contribution >= 4 is 0 Å². The maximum absolute atomic E-state index is 4.69.